The number of ether oxygens (including phenoxy) is 3. The smallest absolute Gasteiger partial charge is 0.148 e. The molecule has 0 saturated heterocycles. The molecule has 26 heavy (non-hydrogen) atoms. The standard InChI is InChI=1S/C22H24O4/c1-17-20(13-23)12-21(25-15-19-10-6-3-7-11-19)22(26-17)16-24-14-18-8-4-2-5-9-18/h2-13,17,21-22H,14-16H2,1H3/t17-,21+,22-/m1/s1. The quantitative estimate of drug-likeness (QED) is 0.680. The van der Waals surface area contributed by atoms with Crippen molar-refractivity contribution in [3.05, 3.63) is 83.4 Å². The summed E-state index contributed by atoms with van der Waals surface area (Å²) in [6.07, 6.45) is 1.88. The van der Waals surface area contributed by atoms with Crippen molar-refractivity contribution in [3.8, 4) is 0 Å². The number of aldehydes is 1. The predicted octanol–water partition coefficient (Wildman–Crippen LogP) is 3.70. The molecular weight excluding hydrogens is 328 g/mol. The van der Waals surface area contributed by atoms with Crippen molar-refractivity contribution in [2.75, 3.05) is 6.61 Å². The lowest BCUT2D eigenvalue weighted by Crippen LogP contribution is -2.41. The molecule has 1 heterocycles. The molecule has 1 aliphatic rings. The van der Waals surface area contributed by atoms with Gasteiger partial charge in [0.1, 0.15) is 18.5 Å². The van der Waals surface area contributed by atoms with E-state index < -0.39 is 0 Å². The van der Waals surface area contributed by atoms with E-state index in [-0.39, 0.29) is 18.3 Å². The van der Waals surface area contributed by atoms with Crippen LogP contribution in [0.25, 0.3) is 0 Å². The monoisotopic (exact) mass is 352 g/mol. The molecular formula is C22H24O4. The summed E-state index contributed by atoms with van der Waals surface area (Å²) in [5, 5.41) is 0. The van der Waals surface area contributed by atoms with Gasteiger partial charge in [-0.15, -0.1) is 0 Å². The summed E-state index contributed by atoms with van der Waals surface area (Å²) in [6.45, 7) is 3.25. The summed E-state index contributed by atoms with van der Waals surface area (Å²) in [4.78, 5) is 11.3. The lowest BCUT2D eigenvalue weighted by atomic mass is 10.0. The molecule has 2 aromatic carbocycles. The Balaban J connectivity index is 1.61. The van der Waals surface area contributed by atoms with Gasteiger partial charge in [0, 0.05) is 5.57 Å². The maximum atomic E-state index is 11.3. The van der Waals surface area contributed by atoms with Crippen molar-refractivity contribution >= 4 is 6.29 Å². The highest BCUT2D eigenvalue weighted by Gasteiger charge is 2.30. The number of carbonyl (C=O) groups excluding carboxylic acids is 1. The Morgan fingerprint density at radius 3 is 2.19 bits per heavy atom. The van der Waals surface area contributed by atoms with Crippen molar-refractivity contribution in [3.63, 3.8) is 0 Å². The molecule has 0 spiro atoms. The van der Waals surface area contributed by atoms with Gasteiger partial charge in [0.2, 0.25) is 0 Å². The highest BCUT2D eigenvalue weighted by atomic mass is 16.6. The molecule has 4 heteroatoms. The van der Waals surface area contributed by atoms with E-state index in [4.69, 9.17) is 14.2 Å². The van der Waals surface area contributed by atoms with Crippen molar-refractivity contribution in [1.29, 1.82) is 0 Å². The third kappa shape index (κ3) is 5.11. The molecule has 136 valence electrons. The van der Waals surface area contributed by atoms with Crippen LogP contribution in [0, 0.1) is 0 Å². The molecule has 3 rings (SSSR count). The Bertz CT molecular complexity index is 711. The van der Waals surface area contributed by atoms with Crippen molar-refractivity contribution in [1.82, 2.24) is 0 Å². The third-order valence-corrected chi connectivity index (χ3v) is 4.39. The fraction of sp³-hybridized carbons (Fsp3) is 0.318. The summed E-state index contributed by atoms with van der Waals surface area (Å²) in [5.74, 6) is 0. The summed E-state index contributed by atoms with van der Waals surface area (Å²) in [7, 11) is 0. The zero-order valence-electron chi connectivity index (χ0n) is 14.9. The molecule has 0 saturated carbocycles. The second-order valence-corrected chi connectivity index (χ2v) is 6.36. The van der Waals surface area contributed by atoms with Crippen LogP contribution in [0.5, 0.6) is 0 Å². The third-order valence-electron chi connectivity index (χ3n) is 4.39. The van der Waals surface area contributed by atoms with Crippen LogP contribution in [0.3, 0.4) is 0 Å². The van der Waals surface area contributed by atoms with E-state index in [0.717, 1.165) is 17.4 Å². The van der Waals surface area contributed by atoms with E-state index in [0.29, 0.717) is 25.4 Å². The van der Waals surface area contributed by atoms with E-state index in [9.17, 15) is 4.79 Å². The van der Waals surface area contributed by atoms with Gasteiger partial charge >= 0.3 is 0 Å². The summed E-state index contributed by atoms with van der Waals surface area (Å²) in [6, 6.07) is 20.0. The molecule has 3 atom stereocenters. The first kappa shape index (κ1) is 18.5. The van der Waals surface area contributed by atoms with E-state index in [1.54, 1.807) is 0 Å². The number of hydrogen-bond acceptors (Lipinski definition) is 4. The zero-order chi connectivity index (χ0) is 18.2. The van der Waals surface area contributed by atoms with Gasteiger partial charge in [-0.2, -0.15) is 0 Å². The second-order valence-electron chi connectivity index (χ2n) is 6.36. The lowest BCUT2D eigenvalue weighted by molar-refractivity contribution is -0.124. The SMILES string of the molecule is C[C@H]1O[C@H](COCc2ccccc2)[C@@H](OCc2ccccc2)C=C1C=O. The molecule has 0 unspecified atom stereocenters. The van der Waals surface area contributed by atoms with Crippen LogP contribution in [0.2, 0.25) is 0 Å². The molecule has 0 fully saturated rings. The number of benzene rings is 2. The summed E-state index contributed by atoms with van der Waals surface area (Å²) >= 11 is 0. The molecule has 0 amide bonds. The fourth-order valence-corrected chi connectivity index (χ4v) is 2.91. The van der Waals surface area contributed by atoms with Crippen LogP contribution in [-0.2, 0) is 32.2 Å². The first-order valence-electron chi connectivity index (χ1n) is 8.86. The first-order valence-corrected chi connectivity index (χ1v) is 8.86. The molecule has 0 aromatic heterocycles. The van der Waals surface area contributed by atoms with E-state index in [1.807, 2.05) is 73.7 Å². The lowest BCUT2D eigenvalue weighted by Gasteiger charge is -2.33. The molecule has 0 bridgehead atoms. The van der Waals surface area contributed by atoms with E-state index >= 15 is 0 Å². The van der Waals surface area contributed by atoms with Gasteiger partial charge in [-0.25, -0.2) is 0 Å². The van der Waals surface area contributed by atoms with Crippen molar-refractivity contribution < 1.29 is 19.0 Å². The van der Waals surface area contributed by atoms with Crippen molar-refractivity contribution in [2.45, 2.75) is 38.4 Å². The topological polar surface area (TPSA) is 44.8 Å². The molecule has 2 aromatic rings. The second kappa shape index (κ2) is 9.43. The Hall–Kier alpha value is -2.27. The first-order chi connectivity index (χ1) is 12.8. The van der Waals surface area contributed by atoms with Crippen LogP contribution >= 0.6 is 0 Å². The van der Waals surface area contributed by atoms with E-state index in [2.05, 4.69) is 0 Å². The number of rotatable bonds is 8. The largest absolute Gasteiger partial charge is 0.374 e. The van der Waals surface area contributed by atoms with Crippen LogP contribution in [0.1, 0.15) is 18.1 Å². The normalized spacial score (nSPS) is 22.7. The Morgan fingerprint density at radius 1 is 0.962 bits per heavy atom. The minimum atomic E-state index is -0.317. The maximum absolute atomic E-state index is 11.3. The van der Waals surface area contributed by atoms with Crippen LogP contribution in [0.15, 0.2) is 72.3 Å². The average Bonchev–Trinajstić information content (AvgIpc) is 2.69. The summed E-state index contributed by atoms with van der Waals surface area (Å²) < 4.78 is 17.8. The average molecular weight is 352 g/mol. The zero-order valence-corrected chi connectivity index (χ0v) is 14.9. The van der Waals surface area contributed by atoms with Crippen LogP contribution in [0.4, 0.5) is 0 Å². The number of hydrogen-bond donors (Lipinski definition) is 0. The van der Waals surface area contributed by atoms with Gasteiger partial charge in [0.05, 0.1) is 25.9 Å². The Kier molecular flexibility index (Phi) is 6.72. The van der Waals surface area contributed by atoms with Crippen LogP contribution < -0.4 is 0 Å². The van der Waals surface area contributed by atoms with Crippen molar-refractivity contribution in [2.24, 2.45) is 0 Å². The minimum Gasteiger partial charge on any atom is -0.374 e. The molecule has 4 nitrogen and oxygen atoms in total. The highest BCUT2D eigenvalue weighted by molar-refractivity contribution is 5.75. The molecule has 1 aliphatic heterocycles. The highest BCUT2D eigenvalue weighted by Crippen LogP contribution is 2.22. The molecule has 0 N–H and O–H groups in total. The number of carbonyl (C=O) groups is 1. The Morgan fingerprint density at radius 2 is 1.58 bits per heavy atom. The predicted molar refractivity (Wildman–Crippen MR) is 99.6 cm³/mol. The van der Waals surface area contributed by atoms with Crippen LogP contribution in [-0.4, -0.2) is 31.2 Å². The fourth-order valence-electron chi connectivity index (χ4n) is 2.91. The van der Waals surface area contributed by atoms with Gasteiger partial charge < -0.3 is 14.2 Å². The van der Waals surface area contributed by atoms with Gasteiger partial charge in [-0.1, -0.05) is 60.7 Å². The van der Waals surface area contributed by atoms with Gasteiger partial charge in [-0.05, 0) is 24.1 Å². The van der Waals surface area contributed by atoms with Gasteiger partial charge in [-0.3, -0.25) is 4.79 Å². The Labute approximate surface area is 154 Å². The maximum Gasteiger partial charge on any atom is 0.148 e. The van der Waals surface area contributed by atoms with E-state index in [1.165, 1.54) is 0 Å². The minimum absolute atomic E-state index is 0.249. The molecule has 0 aliphatic carbocycles. The van der Waals surface area contributed by atoms with Gasteiger partial charge in [0.15, 0.2) is 0 Å². The summed E-state index contributed by atoms with van der Waals surface area (Å²) in [5.41, 5.74) is 2.81. The molecule has 0 radical (unpaired) electrons. The van der Waals surface area contributed by atoms with Gasteiger partial charge in [0.25, 0.3) is 0 Å².